The molecule has 0 amide bonds. The first kappa shape index (κ1) is 19.8. The summed E-state index contributed by atoms with van der Waals surface area (Å²) in [5.74, 6) is 0. The van der Waals surface area contributed by atoms with Gasteiger partial charge in [0.25, 0.3) is 0 Å². The van der Waals surface area contributed by atoms with Gasteiger partial charge in [-0.05, 0) is 30.2 Å². The Balaban J connectivity index is 2.32. The molecule has 2 nitrogen and oxygen atoms in total. The number of anilines is 1. The molecule has 1 rings (SSSR count). The number of aliphatic hydroxyl groups excluding tert-OH is 1. The van der Waals surface area contributed by atoms with E-state index in [0.29, 0.717) is 12.2 Å². The number of hydrogen-bond donors (Lipinski definition) is 2. The maximum absolute atomic E-state index is 12.8. The van der Waals surface area contributed by atoms with E-state index in [0.717, 1.165) is 25.0 Å². The Morgan fingerprint density at radius 3 is 2.09 bits per heavy atom. The Morgan fingerprint density at radius 1 is 0.913 bits per heavy atom. The van der Waals surface area contributed by atoms with Gasteiger partial charge in [-0.25, -0.2) is 0 Å². The predicted molar refractivity (Wildman–Crippen MR) is 88.5 cm³/mol. The number of hydrogen-bond acceptors (Lipinski definition) is 2. The Labute approximate surface area is 137 Å². The van der Waals surface area contributed by atoms with E-state index >= 15 is 0 Å². The lowest BCUT2D eigenvalue weighted by atomic mass is 10.1. The fourth-order valence-electron chi connectivity index (χ4n) is 2.54. The van der Waals surface area contributed by atoms with E-state index in [1.807, 2.05) is 0 Å². The molecule has 0 fully saturated rings. The van der Waals surface area contributed by atoms with Crippen molar-refractivity contribution in [2.24, 2.45) is 0 Å². The third-order valence-corrected chi connectivity index (χ3v) is 3.86. The molecule has 0 heterocycles. The van der Waals surface area contributed by atoms with Gasteiger partial charge < -0.3 is 10.4 Å². The highest BCUT2D eigenvalue weighted by Crippen LogP contribution is 2.32. The van der Waals surface area contributed by atoms with E-state index in [2.05, 4.69) is 12.2 Å². The highest BCUT2D eigenvalue weighted by Gasteiger charge is 2.31. The molecule has 0 radical (unpaired) electrons. The second-order valence-electron chi connectivity index (χ2n) is 5.98. The number of unbranched alkanes of at least 4 members (excludes halogenated alkanes) is 7. The van der Waals surface area contributed by atoms with E-state index in [-0.39, 0.29) is 5.56 Å². The van der Waals surface area contributed by atoms with E-state index in [9.17, 15) is 13.2 Å². The molecule has 0 aliphatic rings. The third kappa shape index (κ3) is 8.26. The molecule has 0 spiro atoms. The Hall–Kier alpha value is -1.23. The number of halogens is 3. The van der Waals surface area contributed by atoms with Gasteiger partial charge in [0.15, 0.2) is 0 Å². The normalized spacial score (nSPS) is 11.7. The van der Waals surface area contributed by atoms with Crippen molar-refractivity contribution in [3.63, 3.8) is 0 Å². The molecule has 0 unspecified atom stereocenters. The molecule has 0 aliphatic carbocycles. The molecule has 2 N–H and O–H groups in total. The van der Waals surface area contributed by atoms with Gasteiger partial charge in [0, 0.05) is 12.2 Å². The largest absolute Gasteiger partial charge is 0.416 e. The quantitative estimate of drug-likeness (QED) is 0.506. The standard InChI is InChI=1S/C18H28F3NO/c1-2-3-4-5-6-7-8-9-10-22-17-12-15(14-23)11-16(13-17)18(19,20)21/h11-13,22-23H,2-10,14H2,1H3. The van der Waals surface area contributed by atoms with Crippen LogP contribution in [0.1, 0.15) is 69.4 Å². The first-order valence-electron chi connectivity index (χ1n) is 8.53. The monoisotopic (exact) mass is 331 g/mol. The zero-order valence-electron chi connectivity index (χ0n) is 13.9. The predicted octanol–water partition coefficient (Wildman–Crippen LogP) is 5.75. The Morgan fingerprint density at radius 2 is 1.52 bits per heavy atom. The average molecular weight is 331 g/mol. The summed E-state index contributed by atoms with van der Waals surface area (Å²) in [4.78, 5) is 0. The van der Waals surface area contributed by atoms with E-state index in [4.69, 9.17) is 5.11 Å². The average Bonchev–Trinajstić information content (AvgIpc) is 2.52. The van der Waals surface area contributed by atoms with Gasteiger partial charge in [0.05, 0.1) is 12.2 Å². The molecule has 132 valence electrons. The fourth-order valence-corrected chi connectivity index (χ4v) is 2.54. The van der Waals surface area contributed by atoms with Gasteiger partial charge in [0.1, 0.15) is 0 Å². The van der Waals surface area contributed by atoms with Crippen molar-refractivity contribution in [1.82, 2.24) is 0 Å². The van der Waals surface area contributed by atoms with Gasteiger partial charge in [0.2, 0.25) is 0 Å². The molecular weight excluding hydrogens is 303 g/mol. The summed E-state index contributed by atoms with van der Waals surface area (Å²) in [6.07, 6.45) is 5.16. The van der Waals surface area contributed by atoms with Crippen LogP contribution in [0.2, 0.25) is 0 Å². The van der Waals surface area contributed by atoms with Gasteiger partial charge in [-0.15, -0.1) is 0 Å². The van der Waals surface area contributed by atoms with Crippen LogP contribution in [0.4, 0.5) is 18.9 Å². The number of rotatable bonds is 11. The van der Waals surface area contributed by atoms with Crippen LogP contribution in [0.15, 0.2) is 18.2 Å². The van der Waals surface area contributed by atoms with Crippen molar-refractivity contribution in [1.29, 1.82) is 0 Å². The Bertz CT molecular complexity index is 446. The van der Waals surface area contributed by atoms with E-state index in [1.165, 1.54) is 38.5 Å². The van der Waals surface area contributed by atoms with Crippen LogP contribution >= 0.6 is 0 Å². The number of nitrogens with one attached hydrogen (secondary N) is 1. The van der Waals surface area contributed by atoms with Crippen molar-refractivity contribution in [2.75, 3.05) is 11.9 Å². The number of alkyl halides is 3. The summed E-state index contributed by atoms with van der Waals surface area (Å²) in [7, 11) is 0. The molecule has 0 bridgehead atoms. The summed E-state index contributed by atoms with van der Waals surface area (Å²) in [6, 6.07) is 3.66. The second kappa shape index (κ2) is 10.5. The van der Waals surface area contributed by atoms with Crippen LogP contribution in [-0.2, 0) is 12.8 Å². The third-order valence-electron chi connectivity index (χ3n) is 3.86. The zero-order valence-corrected chi connectivity index (χ0v) is 13.9. The number of aliphatic hydroxyl groups is 1. The minimum Gasteiger partial charge on any atom is -0.392 e. The van der Waals surface area contributed by atoms with Crippen molar-refractivity contribution in [3.8, 4) is 0 Å². The Kier molecular flexibility index (Phi) is 9.07. The maximum atomic E-state index is 12.8. The highest BCUT2D eigenvalue weighted by molar-refractivity contribution is 5.49. The molecular formula is C18H28F3NO. The SMILES string of the molecule is CCCCCCCCCCNc1cc(CO)cc(C(F)(F)F)c1. The van der Waals surface area contributed by atoms with Crippen molar-refractivity contribution < 1.29 is 18.3 Å². The summed E-state index contributed by atoms with van der Waals surface area (Å²) in [5.41, 5.74) is -0.0208. The van der Waals surface area contributed by atoms with Crippen LogP contribution in [0.25, 0.3) is 0 Å². The minimum absolute atomic E-state index is 0.276. The molecule has 0 aromatic heterocycles. The smallest absolute Gasteiger partial charge is 0.392 e. The first-order valence-corrected chi connectivity index (χ1v) is 8.53. The molecule has 0 saturated carbocycles. The lowest BCUT2D eigenvalue weighted by molar-refractivity contribution is -0.137. The van der Waals surface area contributed by atoms with Crippen LogP contribution in [-0.4, -0.2) is 11.7 Å². The van der Waals surface area contributed by atoms with Crippen molar-refractivity contribution in [2.45, 2.75) is 71.1 Å². The van der Waals surface area contributed by atoms with Gasteiger partial charge in [-0.1, -0.05) is 51.9 Å². The topological polar surface area (TPSA) is 32.3 Å². The molecule has 0 aliphatic heterocycles. The first-order chi connectivity index (χ1) is 11.0. The molecule has 0 atom stereocenters. The fraction of sp³-hybridized carbons (Fsp3) is 0.667. The summed E-state index contributed by atoms with van der Waals surface area (Å²) in [6.45, 7) is 2.46. The van der Waals surface area contributed by atoms with Gasteiger partial charge >= 0.3 is 6.18 Å². The molecule has 1 aromatic carbocycles. The van der Waals surface area contributed by atoms with Gasteiger partial charge in [-0.3, -0.25) is 0 Å². The van der Waals surface area contributed by atoms with Gasteiger partial charge in [-0.2, -0.15) is 13.2 Å². The van der Waals surface area contributed by atoms with E-state index in [1.54, 1.807) is 6.07 Å². The minimum atomic E-state index is -4.39. The maximum Gasteiger partial charge on any atom is 0.416 e. The van der Waals surface area contributed by atoms with E-state index < -0.39 is 18.3 Å². The summed E-state index contributed by atoms with van der Waals surface area (Å²) >= 11 is 0. The summed E-state index contributed by atoms with van der Waals surface area (Å²) in [5, 5.41) is 12.1. The van der Waals surface area contributed by atoms with Crippen molar-refractivity contribution in [3.05, 3.63) is 29.3 Å². The molecule has 1 aromatic rings. The van der Waals surface area contributed by atoms with Crippen LogP contribution in [0.3, 0.4) is 0 Å². The zero-order chi connectivity index (χ0) is 17.1. The molecule has 5 heteroatoms. The molecule has 0 saturated heterocycles. The molecule has 23 heavy (non-hydrogen) atoms. The summed E-state index contributed by atoms with van der Waals surface area (Å²) < 4.78 is 38.4. The van der Waals surface area contributed by atoms with Crippen LogP contribution in [0, 0.1) is 0 Å². The van der Waals surface area contributed by atoms with Crippen LogP contribution < -0.4 is 5.32 Å². The highest BCUT2D eigenvalue weighted by atomic mass is 19.4. The van der Waals surface area contributed by atoms with Crippen LogP contribution in [0.5, 0.6) is 0 Å². The second-order valence-corrected chi connectivity index (χ2v) is 5.98. The number of benzene rings is 1. The lowest BCUT2D eigenvalue weighted by Crippen LogP contribution is -2.08. The van der Waals surface area contributed by atoms with Crippen molar-refractivity contribution >= 4 is 5.69 Å². The lowest BCUT2D eigenvalue weighted by Gasteiger charge is -2.13.